The minimum absolute atomic E-state index is 0.0474. The highest BCUT2D eigenvalue weighted by Crippen LogP contribution is 2.10. The van der Waals surface area contributed by atoms with Crippen LogP contribution in [0.2, 0.25) is 0 Å². The van der Waals surface area contributed by atoms with Gasteiger partial charge in [0.15, 0.2) is 0 Å². The smallest absolute Gasteiger partial charge is 0.255 e. The number of aryl methyl sites for hydroxylation is 1. The van der Waals surface area contributed by atoms with Gasteiger partial charge in [-0.15, -0.1) is 0 Å². The summed E-state index contributed by atoms with van der Waals surface area (Å²) >= 11 is 0. The maximum absolute atomic E-state index is 12.2. The van der Waals surface area contributed by atoms with Crippen molar-refractivity contribution in [3.05, 3.63) is 21.6 Å². The summed E-state index contributed by atoms with van der Waals surface area (Å²) in [5.74, 6) is 0.753. The molecule has 1 fully saturated rings. The molecule has 20 heavy (non-hydrogen) atoms. The molecular formula is C15H27N4O+. The Bertz CT molecular complexity index is 489. The highest BCUT2D eigenvalue weighted by Gasteiger charge is 2.21. The molecule has 0 aliphatic carbocycles. The first-order chi connectivity index (χ1) is 9.65. The van der Waals surface area contributed by atoms with Crippen LogP contribution in [-0.4, -0.2) is 42.7 Å². The lowest BCUT2D eigenvalue weighted by molar-refractivity contribution is -0.898. The van der Waals surface area contributed by atoms with Crippen LogP contribution < -0.4 is 15.4 Å². The molecule has 2 N–H and O–H groups in total. The third-order valence-corrected chi connectivity index (χ3v) is 4.26. The van der Waals surface area contributed by atoms with Gasteiger partial charge in [0, 0.05) is 11.3 Å². The van der Waals surface area contributed by atoms with Crippen molar-refractivity contribution >= 4 is 5.95 Å². The molecule has 1 aliphatic rings. The van der Waals surface area contributed by atoms with E-state index in [-0.39, 0.29) is 5.56 Å². The number of aromatic nitrogens is 2. The number of anilines is 1. The fourth-order valence-corrected chi connectivity index (χ4v) is 2.78. The lowest BCUT2D eigenvalue weighted by atomic mass is 10.1. The number of H-pyrrole nitrogens is 1. The first-order valence-corrected chi connectivity index (χ1v) is 7.84. The van der Waals surface area contributed by atoms with Gasteiger partial charge in [0.1, 0.15) is 0 Å². The number of rotatable bonds is 5. The van der Waals surface area contributed by atoms with E-state index in [1.54, 1.807) is 4.90 Å². The van der Waals surface area contributed by atoms with Crippen LogP contribution in [0.25, 0.3) is 0 Å². The van der Waals surface area contributed by atoms with E-state index in [2.05, 4.69) is 28.7 Å². The number of aromatic amines is 1. The normalized spacial score (nSPS) is 16.6. The Morgan fingerprint density at radius 1 is 1.30 bits per heavy atom. The number of nitrogens with one attached hydrogen (secondary N) is 2. The number of likely N-dealkylation sites (N-methyl/N-ethyl adjacent to an activating group) is 1. The summed E-state index contributed by atoms with van der Waals surface area (Å²) < 4.78 is 0. The monoisotopic (exact) mass is 279 g/mol. The number of hydrogen-bond acceptors (Lipinski definition) is 3. The second kappa shape index (κ2) is 6.88. The molecule has 2 rings (SSSR count). The summed E-state index contributed by atoms with van der Waals surface area (Å²) in [7, 11) is 0. The molecule has 0 aromatic carbocycles. The number of hydrogen-bond donors (Lipinski definition) is 2. The van der Waals surface area contributed by atoms with E-state index in [0.717, 1.165) is 62.6 Å². The molecule has 1 aromatic rings. The highest BCUT2D eigenvalue weighted by atomic mass is 16.1. The molecule has 112 valence electrons. The zero-order valence-electron chi connectivity index (χ0n) is 13.0. The highest BCUT2D eigenvalue weighted by molar-refractivity contribution is 5.33. The van der Waals surface area contributed by atoms with Crippen LogP contribution in [0.5, 0.6) is 0 Å². The van der Waals surface area contributed by atoms with Crippen LogP contribution in [0.1, 0.15) is 37.9 Å². The number of nitrogens with zero attached hydrogens (tertiary/aromatic N) is 2. The van der Waals surface area contributed by atoms with Crippen molar-refractivity contribution in [3.63, 3.8) is 0 Å². The Balaban J connectivity index is 2.12. The second-order valence-electron chi connectivity index (χ2n) is 5.65. The molecule has 5 nitrogen and oxygen atoms in total. The second-order valence-corrected chi connectivity index (χ2v) is 5.65. The van der Waals surface area contributed by atoms with Crippen LogP contribution >= 0.6 is 0 Å². The predicted octanol–water partition coefficient (Wildman–Crippen LogP) is 0.146. The van der Waals surface area contributed by atoms with Gasteiger partial charge in [-0.1, -0.05) is 13.3 Å². The van der Waals surface area contributed by atoms with Crippen molar-refractivity contribution in [2.24, 2.45) is 0 Å². The van der Waals surface area contributed by atoms with Crippen LogP contribution in [0.15, 0.2) is 4.79 Å². The van der Waals surface area contributed by atoms with Crippen molar-refractivity contribution in [2.45, 2.75) is 40.0 Å². The molecule has 0 bridgehead atoms. The van der Waals surface area contributed by atoms with Gasteiger partial charge < -0.3 is 9.80 Å². The van der Waals surface area contributed by atoms with Crippen molar-refractivity contribution in [3.8, 4) is 0 Å². The molecule has 0 radical (unpaired) electrons. The Kier molecular flexibility index (Phi) is 5.17. The molecule has 0 atom stereocenters. The van der Waals surface area contributed by atoms with Gasteiger partial charge in [0.05, 0.1) is 32.7 Å². The summed E-state index contributed by atoms with van der Waals surface area (Å²) in [4.78, 5) is 23.6. The summed E-state index contributed by atoms with van der Waals surface area (Å²) in [6.45, 7) is 11.7. The van der Waals surface area contributed by atoms with Crippen LogP contribution in [0, 0.1) is 6.92 Å². The summed E-state index contributed by atoms with van der Waals surface area (Å²) in [6.07, 6.45) is 2.98. The van der Waals surface area contributed by atoms with Gasteiger partial charge in [0.25, 0.3) is 5.56 Å². The Morgan fingerprint density at radius 2 is 2.00 bits per heavy atom. The van der Waals surface area contributed by atoms with E-state index in [1.807, 2.05) is 6.92 Å². The number of quaternary nitrogens is 1. The SMILES string of the molecule is CCCCc1c(C)nc(N2CC[NH+](CC)CC2)[nH]c1=O. The number of unbranched alkanes of at least 4 members (excludes halogenated alkanes) is 1. The molecule has 5 heteroatoms. The lowest BCUT2D eigenvalue weighted by Crippen LogP contribution is -3.14. The minimum Gasteiger partial charge on any atom is -0.332 e. The third kappa shape index (κ3) is 3.39. The predicted molar refractivity (Wildman–Crippen MR) is 81.7 cm³/mol. The molecule has 1 aliphatic heterocycles. The van der Waals surface area contributed by atoms with Gasteiger partial charge >= 0.3 is 0 Å². The molecule has 1 aromatic heterocycles. The first-order valence-electron chi connectivity index (χ1n) is 7.84. The molecular weight excluding hydrogens is 252 g/mol. The van der Waals surface area contributed by atoms with E-state index < -0.39 is 0 Å². The van der Waals surface area contributed by atoms with Crippen LogP contribution in [0.4, 0.5) is 5.95 Å². The Labute approximate surface area is 121 Å². The van der Waals surface area contributed by atoms with Crippen molar-refractivity contribution < 1.29 is 4.90 Å². The van der Waals surface area contributed by atoms with Gasteiger partial charge in [0.2, 0.25) is 5.95 Å². The fraction of sp³-hybridized carbons (Fsp3) is 0.733. The van der Waals surface area contributed by atoms with E-state index >= 15 is 0 Å². The molecule has 0 saturated carbocycles. The quantitative estimate of drug-likeness (QED) is 0.806. The summed E-state index contributed by atoms with van der Waals surface area (Å²) in [5.41, 5.74) is 1.79. The minimum atomic E-state index is 0.0474. The fourth-order valence-electron chi connectivity index (χ4n) is 2.78. The lowest BCUT2D eigenvalue weighted by Gasteiger charge is -2.32. The molecule has 2 heterocycles. The molecule has 0 spiro atoms. The van der Waals surface area contributed by atoms with Gasteiger partial charge in [-0.05, 0) is 26.7 Å². The van der Waals surface area contributed by atoms with E-state index in [1.165, 1.54) is 6.54 Å². The van der Waals surface area contributed by atoms with Crippen LogP contribution in [-0.2, 0) is 6.42 Å². The maximum Gasteiger partial charge on any atom is 0.255 e. The van der Waals surface area contributed by atoms with Gasteiger partial charge in [-0.25, -0.2) is 4.98 Å². The average molecular weight is 279 g/mol. The van der Waals surface area contributed by atoms with E-state index in [0.29, 0.717) is 0 Å². The van der Waals surface area contributed by atoms with Crippen LogP contribution in [0.3, 0.4) is 0 Å². The molecule has 0 amide bonds. The van der Waals surface area contributed by atoms with Crippen molar-refractivity contribution in [2.75, 3.05) is 37.6 Å². The topological polar surface area (TPSA) is 53.4 Å². The summed E-state index contributed by atoms with van der Waals surface area (Å²) in [5, 5.41) is 0. The largest absolute Gasteiger partial charge is 0.332 e. The molecule has 0 unspecified atom stereocenters. The van der Waals surface area contributed by atoms with Gasteiger partial charge in [-0.3, -0.25) is 9.78 Å². The first kappa shape index (κ1) is 15.0. The third-order valence-electron chi connectivity index (χ3n) is 4.26. The average Bonchev–Trinajstić information content (AvgIpc) is 2.46. The van der Waals surface area contributed by atoms with Crippen molar-refractivity contribution in [1.82, 2.24) is 9.97 Å². The zero-order valence-corrected chi connectivity index (χ0v) is 13.0. The maximum atomic E-state index is 12.2. The van der Waals surface area contributed by atoms with E-state index in [9.17, 15) is 4.79 Å². The standard InChI is InChI=1S/C15H26N4O/c1-4-6-7-13-12(3)16-15(17-14(13)20)19-10-8-18(5-2)9-11-19/h4-11H2,1-3H3,(H,16,17,20)/p+1. The Hall–Kier alpha value is -1.36. The number of piperazine rings is 1. The zero-order chi connectivity index (χ0) is 14.5. The van der Waals surface area contributed by atoms with Gasteiger partial charge in [-0.2, -0.15) is 0 Å². The Morgan fingerprint density at radius 3 is 2.55 bits per heavy atom. The summed E-state index contributed by atoms with van der Waals surface area (Å²) in [6, 6.07) is 0. The van der Waals surface area contributed by atoms with Crippen molar-refractivity contribution in [1.29, 1.82) is 0 Å². The molecule has 1 saturated heterocycles. The van der Waals surface area contributed by atoms with E-state index in [4.69, 9.17) is 0 Å².